The second-order valence-electron chi connectivity index (χ2n) is 4.45. The molecule has 0 heterocycles. The number of hydrogen-bond donors (Lipinski definition) is 0. The molecule has 0 atom stereocenters. The molecule has 0 unspecified atom stereocenters. The third-order valence-corrected chi connectivity index (χ3v) is 2.89. The number of carbonyl (C=O) groups is 1. The first-order chi connectivity index (χ1) is 8.24. The van der Waals surface area contributed by atoms with Gasteiger partial charge >= 0.3 is 0 Å². The molecule has 0 saturated heterocycles. The predicted octanol–water partition coefficient (Wildman–Crippen LogP) is 4.63. The third-order valence-electron chi connectivity index (χ3n) is 2.89. The van der Waals surface area contributed by atoms with Crippen LogP contribution in [0.15, 0.2) is 35.9 Å². The molecule has 0 aliphatic heterocycles. The number of benzene rings is 1. The normalized spacial score (nSPS) is 11.5. The maximum atomic E-state index is 11.5. The topological polar surface area (TPSA) is 17.1 Å². The minimum Gasteiger partial charge on any atom is -0.295 e. The molecule has 0 radical (unpaired) electrons. The zero-order chi connectivity index (χ0) is 12.5. The van der Waals surface area contributed by atoms with Gasteiger partial charge in [0.1, 0.15) is 0 Å². The Morgan fingerprint density at radius 3 is 2.41 bits per heavy atom. The molecule has 0 fully saturated rings. The molecule has 17 heavy (non-hydrogen) atoms. The van der Waals surface area contributed by atoms with Crippen molar-refractivity contribution in [2.45, 2.75) is 46.0 Å². The number of hydrogen-bond acceptors (Lipinski definition) is 1. The van der Waals surface area contributed by atoms with Gasteiger partial charge in [-0.1, -0.05) is 56.5 Å². The fourth-order valence-electron chi connectivity index (χ4n) is 1.84. The van der Waals surface area contributed by atoms with Crippen LogP contribution < -0.4 is 0 Å². The van der Waals surface area contributed by atoms with Crippen molar-refractivity contribution in [2.75, 3.05) is 0 Å². The SMILES string of the molecule is CCCCCCC(=Cc1ccccc1)C(C)=O. The van der Waals surface area contributed by atoms with Gasteiger partial charge in [0.2, 0.25) is 0 Å². The largest absolute Gasteiger partial charge is 0.295 e. The average Bonchev–Trinajstić information content (AvgIpc) is 2.34. The van der Waals surface area contributed by atoms with Gasteiger partial charge in [0.15, 0.2) is 5.78 Å². The van der Waals surface area contributed by atoms with E-state index in [2.05, 4.69) is 6.92 Å². The molecular formula is C16H22O. The number of rotatable bonds is 7. The van der Waals surface area contributed by atoms with Gasteiger partial charge in [-0.15, -0.1) is 0 Å². The summed E-state index contributed by atoms with van der Waals surface area (Å²) in [7, 11) is 0. The standard InChI is InChI=1S/C16H22O/c1-3-4-5-9-12-16(14(2)17)13-15-10-7-6-8-11-15/h6-8,10-11,13H,3-5,9,12H2,1-2H3. The van der Waals surface area contributed by atoms with Gasteiger partial charge in [0, 0.05) is 0 Å². The molecule has 92 valence electrons. The highest BCUT2D eigenvalue weighted by Crippen LogP contribution is 2.15. The van der Waals surface area contributed by atoms with Gasteiger partial charge in [0.05, 0.1) is 0 Å². The molecule has 1 aromatic rings. The quantitative estimate of drug-likeness (QED) is 0.493. The second-order valence-corrected chi connectivity index (χ2v) is 4.45. The molecule has 0 aliphatic carbocycles. The van der Waals surface area contributed by atoms with Crippen LogP contribution in [0.25, 0.3) is 6.08 Å². The summed E-state index contributed by atoms with van der Waals surface area (Å²) in [4.78, 5) is 11.5. The van der Waals surface area contributed by atoms with Gasteiger partial charge in [-0.25, -0.2) is 0 Å². The van der Waals surface area contributed by atoms with Crippen LogP contribution in [-0.4, -0.2) is 5.78 Å². The van der Waals surface area contributed by atoms with Crippen LogP contribution >= 0.6 is 0 Å². The lowest BCUT2D eigenvalue weighted by Crippen LogP contribution is -1.96. The molecule has 1 nitrogen and oxygen atoms in total. The van der Waals surface area contributed by atoms with Gasteiger partial charge in [-0.3, -0.25) is 4.79 Å². The van der Waals surface area contributed by atoms with E-state index in [0.717, 1.165) is 24.0 Å². The van der Waals surface area contributed by atoms with E-state index >= 15 is 0 Å². The molecule has 0 aromatic heterocycles. The molecule has 0 spiro atoms. The van der Waals surface area contributed by atoms with Crippen molar-refractivity contribution in [1.82, 2.24) is 0 Å². The van der Waals surface area contributed by atoms with Gasteiger partial charge < -0.3 is 0 Å². The van der Waals surface area contributed by atoms with E-state index in [1.807, 2.05) is 36.4 Å². The van der Waals surface area contributed by atoms with E-state index in [9.17, 15) is 4.79 Å². The summed E-state index contributed by atoms with van der Waals surface area (Å²) in [5.41, 5.74) is 2.07. The number of ketones is 1. The number of allylic oxidation sites excluding steroid dienone is 1. The maximum Gasteiger partial charge on any atom is 0.155 e. The van der Waals surface area contributed by atoms with Crippen LogP contribution in [0.1, 0.15) is 51.5 Å². The van der Waals surface area contributed by atoms with Crippen LogP contribution in [0, 0.1) is 0 Å². The smallest absolute Gasteiger partial charge is 0.155 e. The van der Waals surface area contributed by atoms with Crippen molar-refractivity contribution in [2.24, 2.45) is 0 Å². The van der Waals surface area contributed by atoms with Crippen LogP contribution in [0.4, 0.5) is 0 Å². The Labute approximate surface area is 105 Å². The summed E-state index contributed by atoms with van der Waals surface area (Å²) in [5, 5.41) is 0. The number of carbonyl (C=O) groups excluding carboxylic acids is 1. The van der Waals surface area contributed by atoms with E-state index in [-0.39, 0.29) is 5.78 Å². The van der Waals surface area contributed by atoms with E-state index in [1.54, 1.807) is 6.92 Å². The summed E-state index contributed by atoms with van der Waals surface area (Å²) >= 11 is 0. The van der Waals surface area contributed by atoms with Gasteiger partial charge in [-0.05, 0) is 37.0 Å². The summed E-state index contributed by atoms with van der Waals surface area (Å²) in [6.07, 6.45) is 7.76. The highest BCUT2D eigenvalue weighted by Gasteiger charge is 2.03. The van der Waals surface area contributed by atoms with E-state index in [4.69, 9.17) is 0 Å². The summed E-state index contributed by atoms with van der Waals surface area (Å²) < 4.78 is 0. The Morgan fingerprint density at radius 2 is 1.82 bits per heavy atom. The van der Waals surface area contributed by atoms with Crippen molar-refractivity contribution in [3.63, 3.8) is 0 Å². The second kappa shape index (κ2) is 7.83. The zero-order valence-electron chi connectivity index (χ0n) is 10.9. The average molecular weight is 230 g/mol. The molecule has 0 bridgehead atoms. The third kappa shape index (κ3) is 5.48. The Hall–Kier alpha value is -1.37. The molecule has 0 aliphatic rings. The molecule has 1 aromatic carbocycles. The Morgan fingerprint density at radius 1 is 1.12 bits per heavy atom. The summed E-state index contributed by atoms with van der Waals surface area (Å²) in [5.74, 6) is 0.199. The van der Waals surface area contributed by atoms with Gasteiger partial charge in [-0.2, -0.15) is 0 Å². The first-order valence-electron chi connectivity index (χ1n) is 6.50. The first kappa shape index (κ1) is 13.7. The monoisotopic (exact) mass is 230 g/mol. The zero-order valence-corrected chi connectivity index (χ0v) is 10.9. The van der Waals surface area contributed by atoms with Crippen molar-refractivity contribution in [3.05, 3.63) is 41.5 Å². The van der Waals surface area contributed by atoms with Crippen LogP contribution in [0.5, 0.6) is 0 Å². The molecule has 0 N–H and O–H groups in total. The van der Waals surface area contributed by atoms with Crippen LogP contribution in [0.3, 0.4) is 0 Å². The molecular weight excluding hydrogens is 208 g/mol. The Bertz CT molecular complexity index is 362. The number of Topliss-reactive ketones (excluding diaryl/α,β-unsaturated/α-hetero) is 1. The predicted molar refractivity (Wildman–Crippen MR) is 73.9 cm³/mol. The molecule has 1 rings (SSSR count). The van der Waals surface area contributed by atoms with E-state index in [0.29, 0.717) is 0 Å². The van der Waals surface area contributed by atoms with Crippen molar-refractivity contribution >= 4 is 11.9 Å². The van der Waals surface area contributed by atoms with Gasteiger partial charge in [0.25, 0.3) is 0 Å². The summed E-state index contributed by atoms with van der Waals surface area (Å²) in [6, 6.07) is 10.1. The van der Waals surface area contributed by atoms with Crippen molar-refractivity contribution in [3.8, 4) is 0 Å². The van der Waals surface area contributed by atoms with Crippen LogP contribution in [0.2, 0.25) is 0 Å². The van der Waals surface area contributed by atoms with Crippen molar-refractivity contribution in [1.29, 1.82) is 0 Å². The number of unbranched alkanes of at least 4 members (excludes halogenated alkanes) is 3. The first-order valence-corrected chi connectivity index (χ1v) is 6.50. The lowest BCUT2D eigenvalue weighted by molar-refractivity contribution is -0.113. The molecule has 0 saturated carbocycles. The lowest BCUT2D eigenvalue weighted by atomic mass is 10.0. The minimum atomic E-state index is 0.199. The maximum absolute atomic E-state index is 11.5. The van der Waals surface area contributed by atoms with E-state index < -0.39 is 0 Å². The molecule has 0 amide bonds. The minimum absolute atomic E-state index is 0.199. The highest BCUT2D eigenvalue weighted by atomic mass is 16.1. The van der Waals surface area contributed by atoms with E-state index in [1.165, 1.54) is 19.3 Å². The lowest BCUT2D eigenvalue weighted by Gasteiger charge is -2.04. The van der Waals surface area contributed by atoms with Crippen LogP contribution in [-0.2, 0) is 4.79 Å². The van der Waals surface area contributed by atoms with Crippen molar-refractivity contribution < 1.29 is 4.79 Å². The Balaban J connectivity index is 2.60. The Kier molecular flexibility index (Phi) is 6.31. The fourth-order valence-corrected chi connectivity index (χ4v) is 1.84. The molecule has 1 heteroatoms. The fraction of sp³-hybridized carbons (Fsp3) is 0.438. The summed E-state index contributed by atoms with van der Waals surface area (Å²) in [6.45, 7) is 3.86. The highest BCUT2D eigenvalue weighted by molar-refractivity contribution is 5.97.